The van der Waals surface area contributed by atoms with Gasteiger partial charge in [-0.25, -0.2) is 18.4 Å². The second-order valence-electron chi connectivity index (χ2n) is 5.79. The fraction of sp³-hybridized carbons (Fsp3) is 0.412. The maximum atomic E-state index is 13.1. The summed E-state index contributed by atoms with van der Waals surface area (Å²) in [6.07, 6.45) is 4.28. The number of methoxy groups -OCH3 is 2. The molecule has 0 saturated carbocycles. The average Bonchev–Trinajstić information content (AvgIpc) is 2.68. The van der Waals surface area contributed by atoms with E-state index in [4.69, 9.17) is 14.2 Å². The lowest BCUT2D eigenvalue weighted by atomic mass is 10.1. The molecule has 1 unspecified atom stereocenters. The Kier molecular flexibility index (Phi) is 5.58. The first-order chi connectivity index (χ1) is 12.5. The van der Waals surface area contributed by atoms with Crippen LogP contribution in [0.25, 0.3) is 0 Å². The standard InChI is InChI=1S/C17H21N3O5S/c1-23-13-6-7-15(24-2)16(11-13)26(21,22)20-10-3-5-14(12-20)25-17-18-8-4-9-19-17/h4,6-9,11,14H,3,5,10,12H2,1-2H3. The van der Waals surface area contributed by atoms with Crippen molar-refractivity contribution in [2.45, 2.75) is 23.8 Å². The minimum absolute atomic E-state index is 0.0796. The van der Waals surface area contributed by atoms with E-state index >= 15 is 0 Å². The molecule has 0 N–H and O–H groups in total. The second kappa shape index (κ2) is 7.88. The third kappa shape index (κ3) is 3.88. The smallest absolute Gasteiger partial charge is 0.316 e. The summed E-state index contributed by atoms with van der Waals surface area (Å²) in [6.45, 7) is 0.638. The van der Waals surface area contributed by atoms with Crippen molar-refractivity contribution in [3.05, 3.63) is 36.7 Å². The minimum Gasteiger partial charge on any atom is -0.497 e. The van der Waals surface area contributed by atoms with Crippen LogP contribution in [0.5, 0.6) is 17.5 Å². The van der Waals surface area contributed by atoms with Crippen molar-refractivity contribution in [2.24, 2.45) is 0 Å². The van der Waals surface area contributed by atoms with Crippen molar-refractivity contribution in [3.8, 4) is 17.5 Å². The van der Waals surface area contributed by atoms with Gasteiger partial charge in [0.05, 0.1) is 20.8 Å². The highest BCUT2D eigenvalue weighted by Gasteiger charge is 2.33. The Morgan fingerprint density at radius 2 is 1.92 bits per heavy atom. The first-order valence-corrected chi connectivity index (χ1v) is 9.64. The molecule has 0 aliphatic carbocycles. The Labute approximate surface area is 152 Å². The molecule has 8 nitrogen and oxygen atoms in total. The molecule has 2 heterocycles. The topological polar surface area (TPSA) is 90.9 Å². The number of ether oxygens (including phenoxy) is 3. The monoisotopic (exact) mass is 379 g/mol. The van der Waals surface area contributed by atoms with Crippen LogP contribution in [-0.2, 0) is 10.0 Å². The number of benzene rings is 1. The molecule has 9 heteroatoms. The van der Waals surface area contributed by atoms with Crippen LogP contribution < -0.4 is 14.2 Å². The molecule has 0 bridgehead atoms. The van der Waals surface area contributed by atoms with Gasteiger partial charge in [0.2, 0.25) is 10.0 Å². The van der Waals surface area contributed by atoms with Gasteiger partial charge in [-0.2, -0.15) is 4.31 Å². The molecule has 1 aromatic carbocycles. The van der Waals surface area contributed by atoms with Gasteiger partial charge in [-0.15, -0.1) is 0 Å². The van der Waals surface area contributed by atoms with Gasteiger partial charge < -0.3 is 14.2 Å². The summed E-state index contributed by atoms with van der Waals surface area (Å²) < 4.78 is 43.8. The average molecular weight is 379 g/mol. The van der Waals surface area contributed by atoms with E-state index in [0.29, 0.717) is 18.7 Å². The molecule has 1 aliphatic rings. The number of hydrogen-bond acceptors (Lipinski definition) is 7. The van der Waals surface area contributed by atoms with Crippen LogP contribution in [-0.4, -0.2) is 56.1 Å². The van der Waals surface area contributed by atoms with Gasteiger partial charge in [0, 0.05) is 25.0 Å². The largest absolute Gasteiger partial charge is 0.497 e. The van der Waals surface area contributed by atoms with Gasteiger partial charge in [0.15, 0.2) is 0 Å². The maximum Gasteiger partial charge on any atom is 0.316 e. The molecule has 1 atom stereocenters. The quantitative estimate of drug-likeness (QED) is 0.755. The van der Waals surface area contributed by atoms with E-state index < -0.39 is 10.0 Å². The lowest BCUT2D eigenvalue weighted by Crippen LogP contribution is -2.44. The molecule has 140 valence electrons. The van der Waals surface area contributed by atoms with Gasteiger partial charge in [0.1, 0.15) is 22.5 Å². The van der Waals surface area contributed by atoms with Crippen molar-refractivity contribution >= 4 is 10.0 Å². The van der Waals surface area contributed by atoms with E-state index in [0.717, 1.165) is 6.42 Å². The predicted octanol–water partition coefficient (Wildman–Crippen LogP) is 1.73. The summed E-state index contributed by atoms with van der Waals surface area (Å²) in [5.74, 6) is 0.729. The summed E-state index contributed by atoms with van der Waals surface area (Å²) in [6, 6.07) is 6.66. The van der Waals surface area contributed by atoms with E-state index in [9.17, 15) is 8.42 Å². The number of sulfonamides is 1. The van der Waals surface area contributed by atoms with Crippen molar-refractivity contribution in [3.63, 3.8) is 0 Å². The minimum atomic E-state index is -3.76. The van der Waals surface area contributed by atoms with Crippen molar-refractivity contribution in [1.29, 1.82) is 0 Å². The molecule has 1 aromatic heterocycles. The number of hydrogen-bond donors (Lipinski definition) is 0. The summed E-state index contributed by atoms with van der Waals surface area (Å²) in [5.41, 5.74) is 0. The fourth-order valence-corrected chi connectivity index (χ4v) is 4.52. The summed E-state index contributed by atoms with van der Waals surface area (Å²) in [7, 11) is -0.826. The Morgan fingerprint density at radius 3 is 2.62 bits per heavy atom. The molecule has 0 spiro atoms. The van der Waals surface area contributed by atoms with Gasteiger partial charge >= 0.3 is 6.01 Å². The van der Waals surface area contributed by atoms with Crippen LogP contribution in [0, 0.1) is 0 Å². The molecule has 1 fully saturated rings. The van der Waals surface area contributed by atoms with Crippen LogP contribution in [0.3, 0.4) is 0 Å². The summed E-state index contributed by atoms with van der Waals surface area (Å²) >= 11 is 0. The Balaban J connectivity index is 1.83. The predicted molar refractivity (Wildman–Crippen MR) is 94.0 cm³/mol. The molecule has 3 rings (SSSR count). The van der Waals surface area contributed by atoms with Crippen molar-refractivity contribution in [1.82, 2.24) is 14.3 Å². The van der Waals surface area contributed by atoms with E-state index in [-0.39, 0.29) is 29.3 Å². The first-order valence-electron chi connectivity index (χ1n) is 8.20. The van der Waals surface area contributed by atoms with E-state index in [2.05, 4.69) is 9.97 Å². The zero-order valence-corrected chi connectivity index (χ0v) is 15.5. The molecular formula is C17H21N3O5S. The van der Waals surface area contributed by atoms with Crippen LogP contribution in [0.15, 0.2) is 41.6 Å². The van der Waals surface area contributed by atoms with Crippen molar-refractivity contribution in [2.75, 3.05) is 27.3 Å². The molecule has 0 amide bonds. The SMILES string of the molecule is COc1ccc(OC)c(S(=O)(=O)N2CCCC(Oc3ncccn3)C2)c1. The van der Waals surface area contributed by atoms with Gasteiger partial charge in [0.25, 0.3) is 0 Å². The Bertz CT molecular complexity index is 845. The number of piperidine rings is 1. The van der Waals surface area contributed by atoms with Crippen LogP contribution in [0.1, 0.15) is 12.8 Å². The number of nitrogens with zero attached hydrogens (tertiary/aromatic N) is 3. The fourth-order valence-electron chi connectivity index (χ4n) is 2.84. The summed E-state index contributed by atoms with van der Waals surface area (Å²) in [4.78, 5) is 8.14. The maximum absolute atomic E-state index is 13.1. The summed E-state index contributed by atoms with van der Waals surface area (Å²) in [5, 5.41) is 0. The molecule has 1 aliphatic heterocycles. The molecule has 2 aromatic rings. The highest BCUT2D eigenvalue weighted by molar-refractivity contribution is 7.89. The zero-order valence-electron chi connectivity index (χ0n) is 14.7. The van der Waals surface area contributed by atoms with Crippen LogP contribution >= 0.6 is 0 Å². The Hall–Kier alpha value is -2.39. The molecule has 26 heavy (non-hydrogen) atoms. The normalized spacial score (nSPS) is 18.3. The van der Waals surface area contributed by atoms with Crippen LogP contribution in [0.2, 0.25) is 0 Å². The second-order valence-corrected chi connectivity index (χ2v) is 7.70. The highest BCUT2D eigenvalue weighted by Crippen LogP contribution is 2.32. The Morgan fingerprint density at radius 1 is 1.15 bits per heavy atom. The van der Waals surface area contributed by atoms with E-state index in [1.54, 1.807) is 30.6 Å². The van der Waals surface area contributed by atoms with Gasteiger partial charge in [-0.1, -0.05) is 0 Å². The molecular weight excluding hydrogens is 358 g/mol. The zero-order chi connectivity index (χ0) is 18.6. The highest BCUT2D eigenvalue weighted by atomic mass is 32.2. The van der Waals surface area contributed by atoms with E-state index in [1.165, 1.54) is 24.6 Å². The molecule has 0 radical (unpaired) electrons. The van der Waals surface area contributed by atoms with Gasteiger partial charge in [-0.05, 0) is 31.0 Å². The number of rotatable bonds is 6. The van der Waals surface area contributed by atoms with Crippen molar-refractivity contribution < 1.29 is 22.6 Å². The first kappa shape index (κ1) is 18.4. The third-order valence-electron chi connectivity index (χ3n) is 4.14. The lowest BCUT2D eigenvalue weighted by molar-refractivity contribution is 0.119. The number of aromatic nitrogens is 2. The van der Waals surface area contributed by atoms with Crippen LogP contribution in [0.4, 0.5) is 0 Å². The third-order valence-corrected chi connectivity index (χ3v) is 6.03. The van der Waals surface area contributed by atoms with E-state index in [1.807, 2.05) is 0 Å². The lowest BCUT2D eigenvalue weighted by Gasteiger charge is -2.31. The molecule has 1 saturated heterocycles. The van der Waals surface area contributed by atoms with Gasteiger partial charge in [-0.3, -0.25) is 0 Å².